The van der Waals surface area contributed by atoms with Crippen molar-refractivity contribution in [2.24, 2.45) is 0 Å². The highest BCUT2D eigenvalue weighted by molar-refractivity contribution is 6.67. The van der Waals surface area contributed by atoms with Gasteiger partial charge in [-0.3, -0.25) is 4.79 Å². The molecule has 0 radical (unpaired) electrons. The minimum atomic E-state index is -5.32. The molecular formula is C5H2Cl3F3O3. The standard InChI is InChI=1S/C5H2Cl3F3O3/c6-1-14-3(13)4(7,8)2(12)5(9,10)11/h1H2. The number of rotatable bonds is 3. The molecule has 0 rings (SSSR count). The van der Waals surface area contributed by atoms with Crippen LogP contribution in [0.15, 0.2) is 0 Å². The molecule has 0 aromatic rings. The van der Waals surface area contributed by atoms with E-state index in [4.69, 9.17) is 34.8 Å². The summed E-state index contributed by atoms with van der Waals surface area (Å²) < 4.78 is 35.9. The second-order valence-corrected chi connectivity index (χ2v) is 3.49. The third kappa shape index (κ3) is 3.18. The van der Waals surface area contributed by atoms with Gasteiger partial charge in [0.15, 0.2) is 6.07 Å². The number of esters is 1. The topological polar surface area (TPSA) is 43.4 Å². The molecule has 0 aliphatic carbocycles. The summed E-state index contributed by atoms with van der Waals surface area (Å²) in [4.78, 5) is 21.1. The lowest BCUT2D eigenvalue weighted by molar-refractivity contribution is -0.175. The fourth-order valence-electron chi connectivity index (χ4n) is 0.411. The molecule has 0 aromatic heterocycles. The fourth-order valence-corrected chi connectivity index (χ4v) is 0.833. The van der Waals surface area contributed by atoms with E-state index in [1.807, 2.05) is 0 Å². The lowest BCUT2D eigenvalue weighted by atomic mass is 10.2. The highest BCUT2D eigenvalue weighted by Crippen LogP contribution is 2.32. The Hall–Kier alpha value is -0.200. The summed E-state index contributed by atoms with van der Waals surface area (Å²) in [6.07, 6.45) is -5.32. The molecule has 14 heavy (non-hydrogen) atoms. The maximum Gasteiger partial charge on any atom is 0.453 e. The number of hydrogen-bond acceptors (Lipinski definition) is 3. The molecule has 0 saturated heterocycles. The lowest BCUT2D eigenvalue weighted by Crippen LogP contribution is -2.45. The average Bonchev–Trinajstić information content (AvgIpc) is 2.01. The van der Waals surface area contributed by atoms with Gasteiger partial charge >= 0.3 is 12.1 Å². The predicted molar refractivity (Wildman–Crippen MR) is 42.3 cm³/mol. The van der Waals surface area contributed by atoms with Crippen molar-refractivity contribution in [1.82, 2.24) is 0 Å². The van der Waals surface area contributed by atoms with Crippen molar-refractivity contribution in [3.63, 3.8) is 0 Å². The predicted octanol–water partition coefficient (Wildman–Crippen LogP) is 2.03. The fraction of sp³-hybridized carbons (Fsp3) is 0.600. The van der Waals surface area contributed by atoms with E-state index >= 15 is 0 Å². The Morgan fingerprint density at radius 3 is 1.93 bits per heavy atom. The monoisotopic (exact) mass is 272 g/mol. The minimum Gasteiger partial charge on any atom is -0.447 e. The summed E-state index contributed by atoms with van der Waals surface area (Å²) in [7, 11) is 0. The molecule has 0 aromatic carbocycles. The number of alkyl halides is 6. The minimum absolute atomic E-state index is 0.759. The van der Waals surface area contributed by atoms with Crippen LogP contribution >= 0.6 is 34.8 Å². The molecule has 0 aliphatic heterocycles. The van der Waals surface area contributed by atoms with Crippen LogP contribution in [-0.4, -0.2) is 28.3 Å². The number of halogens is 6. The van der Waals surface area contributed by atoms with Crippen LogP contribution in [0.4, 0.5) is 13.2 Å². The number of Topliss-reactive ketones (excluding diaryl/α,β-unsaturated/α-hetero) is 1. The molecule has 82 valence electrons. The molecular weight excluding hydrogens is 271 g/mol. The number of hydrogen-bond donors (Lipinski definition) is 0. The van der Waals surface area contributed by atoms with Crippen LogP contribution in [-0.2, 0) is 14.3 Å². The number of carbonyl (C=O) groups excluding carboxylic acids is 2. The molecule has 0 spiro atoms. The summed E-state index contributed by atoms with van der Waals surface area (Å²) >= 11 is 14.6. The Bertz CT molecular complexity index is 250. The van der Waals surface area contributed by atoms with Gasteiger partial charge in [0.1, 0.15) is 0 Å². The number of ether oxygens (including phenoxy) is 1. The quantitative estimate of drug-likeness (QED) is 0.449. The summed E-state index contributed by atoms with van der Waals surface area (Å²) in [5, 5.41) is 0. The normalized spacial score (nSPS) is 12.4. The van der Waals surface area contributed by atoms with E-state index in [0.717, 1.165) is 0 Å². The molecule has 0 bridgehead atoms. The second kappa shape index (κ2) is 4.55. The van der Waals surface area contributed by atoms with Crippen LogP contribution < -0.4 is 0 Å². The highest BCUT2D eigenvalue weighted by atomic mass is 35.5. The van der Waals surface area contributed by atoms with Gasteiger partial charge in [-0.05, 0) is 0 Å². The van der Waals surface area contributed by atoms with Gasteiger partial charge in [-0.25, -0.2) is 4.79 Å². The van der Waals surface area contributed by atoms with Gasteiger partial charge < -0.3 is 4.74 Å². The first-order valence-corrected chi connectivity index (χ1v) is 4.15. The van der Waals surface area contributed by atoms with Crippen molar-refractivity contribution in [3.05, 3.63) is 0 Å². The molecule has 0 fully saturated rings. The zero-order valence-electron chi connectivity index (χ0n) is 6.20. The van der Waals surface area contributed by atoms with Crippen LogP contribution in [0, 0.1) is 0 Å². The Labute approximate surface area is 91.0 Å². The van der Waals surface area contributed by atoms with Crippen molar-refractivity contribution in [2.75, 3.05) is 6.07 Å². The second-order valence-electron chi connectivity index (χ2n) is 1.94. The van der Waals surface area contributed by atoms with Gasteiger partial charge in [-0.15, -0.1) is 0 Å². The van der Waals surface area contributed by atoms with Crippen molar-refractivity contribution >= 4 is 46.6 Å². The third-order valence-electron chi connectivity index (χ3n) is 0.985. The smallest absolute Gasteiger partial charge is 0.447 e. The maximum atomic E-state index is 11.8. The van der Waals surface area contributed by atoms with E-state index in [1.165, 1.54) is 0 Å². The Morgan fingerprint density at radius 2 is 1.64 bits per heavy atom. The first-order chi connectivity index (χ1) is 6.14. The van der Waals surface area contributed by atoms with Gasteiger partial charge in [0.2, 0.25) is 0 Å². The molecule has 0 aliphatic rings. The van der Waals surface area contributed by atoms with Crippen molar-refractivity contribution in [3.8, 4) is 0 Å². The van der Waals surface area contributed by atoms with Crippen LogP contribution in [0.5, 0.6) is 0 Å². The molecule has 0 atom stereocenters. The third-order valence-corrected chi connectivity index (χ3v) is 1.75. The summed E-state index contributed by atoms with van der Waals surface area (Å²) in [5.74, 6) is -4.39. The van der Waals surface area contributed by atoms with Crippen LogP contribution in [0.25, 0.3) is 0 Å². The van der Waals surface area contributed by atoms with Crippen LogP contribution in [0.2, 0.25) is 0 Å². The van der Waals surface area contributed by atoms with E-state index in [1.54, 1.807) is 0 Å². The Balaban J connectivity index is 4.79. The molecule has 9 heteroatoms. The van der Waals surface area contributed by atoms with Gasteiger partial charge in [-0.2, -0.15) is 13.2 Å². The SMILES string of the molecule is O=C(OCCl)C(Cl)(Cl)C(=O)C(F)(F)F. The van der Waals surface area contributed by atoms with E-state index in [9.17, 15) is 22.8 Å². The molecule has 3 nitrogen and oxygen atoms in total. The summed E-state index contributed by atoms with van der Waals surface area (Å²) in [6, 6.07) is -0.759. The Morgan fingerprint density at radius 1 is 1.21 bits per heavy atom. The van der Waals surface area contributed by atoms with Gasteiger partial charge in [-0.1, -0.05) is 34.8 Å². The molecule has 0 N–H and O–H groups in total. The van der Waals surface area contributed by atoms with Crippen molar-refractivity contribution < 1.29 is 27.5 Å². The maximum absolute atomic E-state index is 11.8. The van der Waals surface area contributed by atoms with E-state index in [-0.39, 0.29) is 0 Å². The van der Waals surface area contributed by atoms with Crippen LogP contribution in [0.3, 0.4) is 0 Å². The number of ketones is 1. The summed E-state index contributed by atoms with van der Waals surface area (Å²) in [6.45, 7) is 0. The Kier molecular flexibility index (Phi) is 4.48. The zero-order valence-corrected chi connectivity index (χ0v) is 8.47. The zero-order chi connectivity index (χ0) is 11.6. The number of carbonyl (C=O) groups is 2. The van der Waals surface area contributed by atoms with Crippen molar-refractivity contribution in [2.45, 2.75) is 10.5 Å². The van der Waals surface area contributed by atoms with E-state index in [0.29, 0.717) is 0 Å². The highest BCUT2D eigenvalue weighted by Gasteiger charge is 2.56. The van der Waals surface area contributed by atoms with Crippen LogP contribution in [0.1, 0.15) is 0 Å². The molecule has 0 unspecified atom stereocenters. The first kappa shape index (κ1) is 13.8. The molecule has 0 amide bonds. The van der Waals surface area contributed by atoms with Gasteiger partial charge in [0, 0.05) is 0 Å². The van der Waals surface area contributed by atoms with Crippen molar-refractivity contribution in [1.29, 1.82) is 0 Å². The van der Waals surface area contributed by atoms with Gasteiger partial charge in [0.05, 0.1) is 0 Å². The lowest BCUT2D eigenvalue weighted by Gasteiger charge is -2.16. The summed E-state index contributed by atoms with van der Waals surface area (Å²) in [5.41, 5.74) is 0. The average molecular weight is 273 g/mol. The van der Waals surface area contributed by atoms with E-state index < -0.39 is 28.3 Å². The largest absolute Gasteiger partial charge is 0.453 e. The first-order valence-electron chi connectivity index (χ1n) is 2.86. The molecule has 0 saturated carbocycles. The molecule has 0 heterocycles. The van der Waals surface area contributed by atoms with Gasteiger partial charge in [0.25, 0.3) is 10.1 Å². The van der Waals surface area contributed by atoms with E-state index in [2.05, 4.69) is 4.74 Å².